The van der Waals surface area contributed by atoms with Gasteiger partial charge in [-0.05, 0) is 26.7 Å². The van der Waals surface area contributed by atoms with Crippen LogP contribution in [0.15, 0.2) is 0 Å². The van der Waals surface area contributed by atoms with Crippen molar-refractivity contribution < 1.29 is 14.6 Å². The molecule has 0 amide bonds. The second-order valence-corrected chi connectivity index (χ2v) is 5.22. The molecule has 0 aromatic heterocycles. The summed E-state index contributed by atoms with van der Waals surface area (Å²) >= 11 is 0. The molecule has 1 aliphatic rings. The Morgan fingerprint density at radius 3 is 2.47 bits per heavy atom. The standard InChI is InChI=1S/C13H25NO3/c1-5-13(6-2,12(15)16)9-14-7-11(4)17-8-10(14)3/h10-11H,5-9H2,1-4H3,(H,15,16). The van der Waals surface area contributed by atoms with Gasteiger partial charge in [-0.3, -0.25) is 9.69 Å². The summed E-state index contributed by atoms with van der Waals surface area (Å²) in [5, 5.41) is 9.45. The third kappa shape index (κ3) is 3.19. The number of morpholine rings is 1. The maximum Gasteiger partial charge on any atom is 0.310 e. The van der Waals surface area contributed by atoms with Gasteiger partial charge in [-0.2, -0.15) is 0 Å². The van der Waals surface area contributed by atoms with Gasteiger partial charge in [0.1, 0.15) is 0 Å². The molecule has 0 aliphatic carbocycles. The van der Waals surface area contributed by atoms with Crippen LogP contribution in [0.25, 0.3) is 0 Å². The number of rotatable bonds is 5. The van der Waals surface area contributed by atoms with E-state index < -0.39 is 11.4 Å². The molecule has 0 bridgehead atoms. The zero-order chi connectivity index (χ0) is 13.1. The summed E-state index contributed by atoms with van der Waals surface area (Å²) in [6.45, 7) is 10.2. The smallest absolute Gasteiger partial charge is 0.310 e. The average Bonchev–Trinajstić information content (AvgIpc) is 2.30. The summed E-state index contributed by atoms with van der Waals surface area (Å²) in [5.74, 6) is -0.672. The topological polar surface area (TPSA) is 49.8 Å². The lowest BCUT2D eigenvalue weighted by molar-refractivity contribution is -0.153. The van der Waals surface area contributed by atoms with E-state index in [2.05, 4.69) is 11.8 Å². The van der Waals surface area contributed by atoms with Crippen molar-refractivity contribution in [3.05, 3.63) is 0 Å². The van der Waals surface area contributed by atoms with Crippen molar-refractivity contribution in [2.24, 2.45) is 5.41 Å². The van der Waals surface area contributed by atoms with Crippen molar-refractivity contribution in [3.63, 3.8) is 0 Å². The van der Waals surface area contributed by atoms with E-state index in [1.54, 1.807) is 0 Å². The van der Waals surface area contributed by atoms with Gasteiger partial charge in [-0.1, -0.05) is 13.8 Å². The molecule has 4 heteroatoms. The molecule has 1 aliphatic heterocycles. The van der Waals surface area contributed by atoms with Crippen LogP contribution in [0.3, 0.4) is 0 Å². The number of aliphatic carboxylic acids is 1. The lowest BCUT2D eigenvalue weighted by Crippen LogP contribution is -2.53. The quantitative estimate of drug-likeness (QED) is 0.802. The van der Waals surface area contributed by atoms with Crippen LogP contribution in [0.5, 0.6) is 0 Å². The van der Waals surface area contributed by atoms with E-state index in [9.17, 15) is 9.90 Å². The Labute approximate surface area is 104 Å². The van der Waals surface area contributed by atoms with Crippen molar-refractivity contribution in [1.29, 1.82) is 0 Å². The molecule has 1 saturated heterocycles. The fourth-order valence-electron chi connectivity index (χ4n) is 2.42. The van der Waals surface area contributed by atoms with Gasteiger partial charge in [-0.25, -0.2) is 0 Å². The van der Waals surface area contributed by atoms with Crippen LogP contribution in [0.1, 0.15) is 40.5 Å². The highest BCUT2D eigenvalue weighted by Gasteiger charge is 2.39. The molecule has 1 heterocycles. The van der Waals surface area contributed by atoms with Gasteiger partial charge in [0.05, 0.1) is 18.1 Å². The molecule has 0 saturated carbocycles. The second-order valence-electron chi connectivity index (χ2n) is 5.22. The third-order valence-corrected chi connectivity index (χ3v) is 4.05. The zero-order valence-corrected chi connectivity index (χ0v) is 11.4. The van der Waals surface area contributed by atoms with E-state index in [-0.39, 0.29) is 6.10 Å². The fourth-order valence-corrected chi connectivity index (χ4v) is 2.42. The SMILES string of the molecule is CCC(CC)(CN1CC(C)OCC1C)C(=O)O. The van der Waals surface area contributed by atoms with E-state index in [0.29, 0.717) is 32.0 Å². The molecule has 0 aromatic rings. The van der Waals surface area contributed by atoms with Gasteiger partial charge in [0.25, 0.3) is 0 Å². The van der Waals surface area contributed by atoms with Gasteiger partial charge in [0.15, 0.2) is 0 Å². The molecule has 1 rings (SSSR count). The number of hydrogen-bond acceptors (Lipinski definition) is 3. The summed E-state index contributed by atoms with van der Waals surface area (Å²) in [5.41, 5.74) is -0.606. The number of ether oxygens (including phenoxy) is 1. The van der Waals surface area contributed by atoms with Crippen LogP contribution in [0, 0.1) is 5.41 Å². The Bertz CT molecular complexity index is 263. The highest BCUT2D eigenvalue weighted by Crippen LogP contribution is 2.29. The number of carboxylic acids is 1. The van der Waals surface area contributed by atoms with Crippen molar-refractivity contribution in [2.75, 3.05) is 19.7 Å². The van der Waals surface area contributed by atoms with Gasteiger partial charge < -0.3 is 9.84 Å². The number of nitrogens with zero attached hydrogens (tertiary/aromatic N) is 1. The van der Waals surface area contributed by atoms with Crippen molar-refractivity contribution in [2.45, 2.75) is 52.7 Å². The summed E-state index contributed by atoms with van der Waals surface area (Å²) in [4.78, 5) is 13.7. The van der Waals surface area contributed by atoms with Gasteiger partial charge in [0.2, 0.25) is 0 Å². The fraction of sp³-hybridized carbons (Fsp3) is 0.923. The lowest BCUT2D eigenvalue weighted by atomic mass is 9.81. The zero-order valence-electron chi connectivity index (χ0n) is 11.4. The lowest BCUT2D eigenvalue weighted by Gasteiger charge is -2.41. The first-order valence-corrected chi connectivity index (χ1v) is 6.54. The average molecular weight is 243 g/mol. The van der Waals surface area contributed by atoms with E-state index in [0.717, 1.165) is 6.54 Å². The van der Waals surface area contributed by atoms with Crippen LogP contribution < -0.4 is 0 Å². The summed E-state index contributed by atoms with van der Waals surface area (Å²) in [7, 11) is 0. The normalized spacial score (nSPS) is 27.1. The molecular formula is C13H25NO3. The maximum absolute atomic E-state index is 11.5. The number of carboxylic acid groups (broad SMARTS) is 1. The van der Waals surface area contributed by atoms with Crippen molar-refractivity contribution >= 4 is 5.97 Å². The molecule has 1 N–H and O–H groups in total. The van der Waals surface area contributed by atoms with Crippen LogP contribution in [0.2, 0.25) is 0 Å². The molecular weight excluding hydrogens is 218 g/mol. The molecule has 0 aromatic carbocycles. The summed E-state index contributed by atoms with van der Waals surface area (Å²) in [6.07, 6.45) is 1.56. The Kier molecular flexibility index (Phi) is 4.95. The van der Waals surface area contributed by atoms with Gasteiger partial charge in [-0.15, -0.1) is 0 Å². The number of hydrogen-bond donors (Lipinski definition) is 1. The molecule has 1 fully saturated rings. The molecule has 2 atom stereocenters. The highest BCUT2D eigenvalue weighted by atomic mass is 16.5. The Morgan fingerprint density at radius 1 is 1.41 bits per heavy atom. The minimum absolute atomic E-state index is 0.200. The first kappa shape index (κ1) is 14.5. The molecule has 17 heavy (non-hydrogen) atoms. The largest absolute Gasteiger partial charge is 0.481 e. The maximum atomic E-state index is 11.5. The summed E-state index contributed by atoms with van der Waals surface area (Å²) in [6, 6.07) is 0.308. The predicted molar refractivity (Wildman–Crippen MR) is 67.1 cm³/mol. The van der Waals surface area contributed by atoms with E-state index >= 15 is 0 Å². The molecule has 100 valence electrons. The van der Waals surface area contributed by atoms with Gasteiger partial charge in [0, 0.05) is 19.1 Å². The van der Waals surface area contributed by atoms with E-state index in [4.69, 9.17) is 4.74 Å². The number of carbonyl (C=O) groups is 1. The summed E-state index contributed by atoms with van der Waals surface area (Å²) < 4.78 is 5.57. The first-order chi connectivity index (χ1) is 7.95. The second kappa shape index (κ2) is 5.83. The monoisotopic (exact) mass is 243 g/mol. The molecule has 4 nitrogen and oxygen atoms in total. The van der Waals surface area contributed by atoms with Gasteiger partial charge >= 0.3 is 5.97 Å². The van der Waals surface area contributed by atoms with Crippen LogP contribution in [-0.2, 0) is 9.53 Å². The Hall–Kier alpha value is -0.610. The third-order valence-electron chi connectivity index (χ3n) is 4.05. The van der Waals surface area contributed by atoms with Crippen molar-refractivity contribution in [1.82, 2.24) is 4.90 Å². The Morgan fingerprint density at radius 2 is 2.00 bits per heavy atom. The Balaban J connectivity index is 2.75. The van der Waals surface area contributed by atoms with Crippen LogP contribution in [-0.4, -0.2) is 47.8 Å². The highest BCUT2D eigenvalue weighted by molar-refractivity contribution is 5.74. The van der Waals surface area contributed by atoms with Crippen LogP contribution in [0.4, 0.5) is 0 Å². The van der Waals surface area contributed by atoms with E-state index in [1.807, 2.05) is 20.8 Å². The molecule has 2 unspecified atom stereocenters. The minimum Gasteiger partial charge on any atom is -0.481 e. The molecule has 0 spiro atoms. The van der Waals surface area contributed by atoms with Crippen LogP contribution >= 0.6 is 0 Å². The van der Waals surface area contributed by atoms with E-state index in [1.165, 1.54) is 0 Å². The first-order valence-electron chi connectivity index (χ1n) is 6.54. The molecule has 0 radical (unpaired) electrons. The van der Waals surface area contributed by atoms with Crippen molar-refractivity contribution in [3.8, 4) is 0 Å². The predicted octanol–water partition coefficient (Wildman–Crippen LogP) is 1.99. The minimum atomic E-state index is -0.672.